The van der Waals surface area contributed by atoms with Crippen LogP contribution < -0.4 is 10.6 Å². The van der Waals surface area contributed by atoms with Crippen molar-refractivity contribution in [2.75, 3.05) is 0 Å². The van der Waals surface area contributed by atoms with E-state index in [2.05, 4.69) is 4.98 Å². The van der Waals surface area contributed by atoms with Gasteiger partial charge in [-0.3, -0.25) is 4.98 Å². The number of hydrogen-bond donors (Lipinski definition) is 1. The topological polar surface area (TPSA) is 33.1 Å². The summed E-state index contributed by atoms with van der Waals surface area (Å²) in [6.45, 7) is 0. The summed E-state index contributed by atoms with van der Waals surface area (Å²) < 4.78 is 0. The molecule has 11 heavy (non-hydrogen) atoms. The van der Waals surface area contributed by atoms with Gasteiger partial charge in [0.15, 0.2) is 0 Å². The Labute approximate surface area is 64.5 Å². The van der Waals surface area contributed by atoms with Gasteiger partial charge in [0.25, 0.3) is 0 Å². The highest BCUT2D eigenvalue weighted by Gasteiger charge is 2.01. The van der Waals surface area contributed by atoms with E-state index in [0.29, 0.717) is 6.42 Å². The fraction of sp³-hybridized carbons (Fsp3) is 0.222. The van der Waals surface area contributed by atoms with Crippen LogP contribution in [0.1, 0.15) is 6.42 Å². The van der Waals surface area contributed by atoms with E-state index in [4.69, 9.17) is 0 Å². The highest BCUT2D eigenvalue weighted by molar-refractivity contribution is 5.38. The largest absolute Gasteiger partial charge is 0.389 e. The van der Waals surface area contributed by atoms with E-state index in [1.165, 1.54) is 0 Å². The van der Waals surface area contributed by atoms with Crippen LogP contribution in [-0.4, -0.2) is 16.2 Å². The molecule has 0 saturated carbocycles. The normalized spacial score (nSPS) is 21.4. The highest BCUT2D eigenvalue weighted by Crippen LogP contribution is 1.95. The molecule has 2 nitrogen and oxygen atoms in total. The monoisotopic (exact) mass is 147 g/mol. The van der Waals surface area contributed by atoms with Gasteiger partial charge >= 0.3 is 0 Å². The van der Waals surface area contributed by atoms with E-state index in [1.54, 1.807) is 12.3 Å². The van der Waals surface area contributed by atoms with Crippen LogP contribution in [0, 0.1) is 0 Å². The van der Waals surface area contributed by atoms with Crippen molar-refractivity contribution >= 4 is 12.2 Å². The van der Waals surface area contributed by atoms with Crippen molar-refractivity contribution in [3.05, 3.63) is 28.9 Å². The lowest BCUT2D eigenvalue weighted by Gasteiger charge is -2.04. The van der Waals surface area contributed by atoms with E-state index in [9.17, 15) is 5.11 Å². The summed E-state index contributed by atoms with van der Waals surface area (Å²) in [5, 5.41) is 11.2. The summed E-state index contributed by atoms with van der Waals surface area (Å²) in [6, 6.07) is 3.91. The first kappa shape index (κ1) is 6.55. The molecule has 0 radical (unpaired) electrons. The number of aromatic nitrogens is 1. The Kier molecular flexibility index (Phi) is 1.47. The molecule has 1 atom stereocenters. The summed E-state index contributed by atoms with van der Waals surface area (Å²) in [5.74, 6) is 0. The Hall–Kier alpha value is -1.15. The van der Waals surface area contributed by atoms with Crippen molar-refractivity contribution in [1.82, 2.24) is 4.98 Å². The second kappa shape index (κ2) is 2.47. The molecule has 1 N–H and O–H groups in total. The second-order valence-corrected chi connectivity index (χ2v) is 2.65. The van der Waals surface area contributed by atoms with Crippen molar-refractivity contribution in [3.63, 3.8) is 0 Å². The van der Waals surface area contributed by atoms with Gasteiger partial charge in [0.2, 0.25) is 0 Å². The molecule has 1 aromatic heterocycles. The predicted molar refractivity (Wildman–Crippen MR) is 43.0 cm³/mol. The van der Waals surface area contributed by atoms with Gasteiger partial charge in [-0.1, -0.05) is 12.1 Å². The SMILES string of the molecule is OC1C=c2ncccc2=CC1. The van der Waals surface area contributed by atoms with Crippen molar-refractivity contribution in [2.24, 2.45) is 0 Å². The molecule has 0 aromatic carbocycles. The van der Waals surface area contributed by atoms with E-state index in [1.807, 2.05) is 18.2 Å². The van der Waals surface area contributed by atoms with Crippen molar-refractivity contribution in [3.8, 4) is 0 Å². The van der Waals surface area contributed by atoms with Crippen molar-refractivity contribution < 1.29 is 5.11 Å². The number of aliphatic hydroxyl groups excluding tert-OH is 1. The van der Waals surface area contributed by atoms with Gasteiger partial charge in [-0.05, 0) is 23.8 Å². The molecule has 2 heteroatoms. The molecule has 0 bridgehead atoms. The molecular weight excluding hydrogens is 138 g/mol. The number of fused-ring (bicyclic) bond motifs is 1. The van der Waals surface area contributed by atoms with Crippen LogP contribution >= 0.6 is 0 Å². The maximum atomic E-state index is 9.23. The Morgan fingerprint density at radius 3 is 3.36 bits per heavy atom. The standard InChI is InChI=1S/C9H9NO/c11-8-4-3-7-2-1-5-10-9(7)6-8/h1-3,5-6,8,11H,4H2. The summed E-state index contributed by atoms with van der Waals surface area (Å²) >= 11 is 0. The first-order chi connectivity index (χ1) is 5.36. The Morgan fingerprint density at radius 1 is 1.55 bits per heavy atom. The lowest BCUT2D eigenvalue weighted by Crippen LogP contribution is -2.32. The van der Waals surface area contributed by atoms with Gasteiger partial charge in [-0.2, -0.15) is 0 Å². The Morgan fingerprint density at radius 2 is 2.45 bits per heavy atom. The molecule has 0 fully saturated rings. The zero-order valence-electron chi connectivity index (χ0n) is 6.07. The minimum Gasteiger partial charge on any atom is -0.389 e. The van der Waals surface area contributed by atoms with Crippen LogP contribution in [0.4, 0.5) is 0 Å². The molecule has 1 aromatic rings. The third kappa shape index (κ3) is 1.17. The van der Waals surface area contributed by atoms with E-state index in [-0.39, 0.29) is 6.10 Å². The fourth-order valence-electron chi connectivity index (χ4n) is 1.24. The van der Waals surface area contributed by atoms with Gasteiger partial charge in [0.1, 0.15) is 0 Å². The first-order valence-electron chi connectivity index (χ1n) is 3.67. The average molecular weight is 147 g/mol. The Balaban J connectivity index is 2.73. The average Bonchev–Trinajstić information content (AvgIpc) is 2.04. The van der Waals surface area contributed by atoms with Crippen LogP contribution in [-0.2, 0) is 0 Å². The molecule has 1 unspecified atom stereocenters. The lowest BCUT2D eigenvalue weighted by molar-refractivity contribution is 0.244. The van der Waals surface area contributed by atoms with Gasteiger partial charge in [0, 0.05) is 6.20 Å². The zero-order valence-corrected chi connectivity index (χ0v) is 6.07. The zero-order chi connectivity index (χ0) is 7.68. The smallest absolute Gasteiger partial charge is 0.0779 e. The van der Waals surface area contributed by atoms with Crippen LogP contribution in [0.25, 0.3) is 12.2 Å². The summed E-state index contributed by atoms with van der Waals surface area (Å²) in [7, 11) is 0. The van der Waals surface area contributed by atoms with E-state index < -0.39 is 0 Å². The van der Waals surface area contributed by atoms with Crippen molar-refractivity contribution in [2.45, 2.75) is 12.5 Å². The quantitative estimate of drug-likeness (QED) is 0.532. The molecule has 56 valence electrons. The maximum absolute atomic E-state index is 9.23. The molecule has 0 aliphatic heterocycles. The molecule has 1 aliphatic rings. The minimum absolute atomic E-state index is 0.350. The summed E-state index contributed by atoms with van der Waals surface area (Å²) in [4.78, 5) is 4.12. The van der Waals surface area contributed by atoms with Crippen LogP contribution in [0.15, 0.2) is 18.3 Å². The molecular formula is C9H9NO. The van der Waals surface area contributed by atoms with Crippen LogP contribution in [0.2, 0.25) is 0 Å². The van der Waals surface area contributed by atoms with Gasteiger partial charge in [0.05, 0.1) is 11.5 Å². The molecule has 0 saturated heterocycles. The maximum Gasteiger partial charge on any atom is 0.0779 e. The van der Waals surface area contributed by atoms with Crippen LogP contribution in [0.3, 0.4) is 0 Å². The predicted octanol–water partition coefficient (Wildman–Crippen LogP) is -0.593. The summed E-state index contributed by atoms with van der Waals surface area (Å²) in [6.07, 6.45) is 5.89. The number of aliphatic hydroxyl groups is 1. The number of rotatable bonds is 0. The van der Waals surface area contributed by atoms with Gasteiger partial charge in [-0.25, -0.2) is 0 Å². The number of hydrogen-bond acceptors (Lipinski definition) is 2. The highest BCUT2D eigenvalue weighted by atomic mass is 16.3. The third-order valence-electron chi connectivity index (χ3n) is 1.80. The first-order valence-corrected chi connectivity index (χ1v) is 3.67. The third-order valence-corrected chi connectivity index (χ3v) is 1.80. The number of pyridine rings is 1. The lowest BCUT2D eigenvalue weighted by atomic mass is 10.1. The van der Waals surface area contributed by atoms with Crippen molar-refractivity contribution in [1.29, 1.82) is 0 Å². The molecule has 0 amide bonds. The van der Waals surface area contributed by atoms with E-state index >= 15 is 0 Å². The second-order valence-electron chi connectivity index (χ2n) is 2.65. The molecule has 1 aliphatic carbocycles. The fourth-order valence-corrected chi connectivity index (χ4v) is 1.24. The minimum atomic E-state index is -0.350. The molecule has 0 spiro atoms. The Bertz CT molecular complexity index is 369. The van der Waals surface area contributed by atoms with E-state index in [0.717, 1.165) is 10.6 Å². The van der Waals surface area contributed by atoms with Gasteiger partial charge in [-0.15, -0.1) is 0 Å². The molecule has 1 heterocycles. The van der Waals surface area contributed by atoms with Gasteiger partial charge < -0.3 is 5.11 Å². The summed E-state index contributed by atoms with van der Waals surface area (Å²) in [5.41, 5.74) is 0. The van der Waals surface area contributed by atoms with Crippen LogP contribution in [0.5, 0.6) is 0 Å². The number of nitrogens with zero attached hydrogens (tertiary/aromatic N) is 1. The molecule has 2 rings (SSSR count).